The summed E-state index contributed by atoms with van der Waals surface area (Å²) >= 11 is 6.02. The average molecular weight is 1920 g/mol. The molecule has 696 valence electrons. The number of hydrogen-bond acceptors (Lipinski definition) is 28. The molecule has 0 radical (unpaired) electrons. The van der Waals surface area contributed by atoms with Crippen LogP contribution >= 0.6 is 11.6 Å². The number of aromatic hydroxyl groups is 4. The fourth-order valence-electron chi connectivity index (χ4n) is 14.3. The molecule has 0 aliphatic rings. The molecule has 20 rings (SSSR count). The number of phenols is 4. The zero-order valence-electron chi connectivity index (χ0n) is 75.3. The molecule has 0 fully saturated rings. The Morgan fingerprint density at radius 1 is 0.292 bits per heavy atom. The smallest absolute Gasteiger partial charge is 0.259 e. The predicted molar refractivity (Wildman–Crippen MR) is 538 cm³/mol. The van der Waals surface area contributed by atoms with Crippen molar-refractivity contribution in [2.24, 2.45) is 40.9 Å². The molecule has 8 N–H and O–H groups in total. The van der Waals surface area contributed by atoms with Gasteiger partial charge in [0.25, 0.3) is 70.2 Å². The van der Waals surface area contributed by atoms with E-state index in [1.165, 1.54) is 80.7 Å². The number of azo groups is 4. The topological polar surface area (TPSA) is 488 Å². The third-order valence-corrected chi connectivity index (χ3v) is 21.7. The average Bonchev–Trinajstić information content (AvgIpc) is 0.827. The van der Waals surface area contributed by atoms with Crippen LogP contribution in [0.4, 0.5) is 91.5 Å². The summed E-state index contributed by atoms with van der Waals surface area (Å²) in [5.41, 5.74) is 6.36. The normalized spacial score (nSPS) is 11.0. The zero-order chi connectivity index (χ0) is 100. The van der Waals surface area contributed by atoms with E-state index in [0.29, 0.717) is 70.9 Å². The van der Waals surface area contributed by atoms with E-state index >= 15 is 0 Å². The second-order valence-corrected chi connectivity index (χ2v) is 31.2. The molecule has 41 heteroatoms. The SMILES string of the molecule is [C-]#[N+]c1cnn(-c2ncccn2)c1N=Nc1c(O)c(C(=O)Nc2ccc(C)c(C)c2)cc2ccccc12.[C-]#[N+]c1cnn(-c2ncccn2)c1N=Nc1c(O)c(C(=O)Nc2ccc(C)cc2)cc2ccccc12.[C-]#[N+]c1cnn(-c2ncccn2)c1N=Nc1c(O)c(C(=O)Nc2cccc(Cl)c2)cc2ccccc12.[C-]#[N+]c1cnn(-c2ncccn2)c1N=Nc1c(O)c(C(=O)Nc2ccccc2)cc2ccccc12. The van der Waals surface area contributed by atoms with Crippen molar-refractivity contribution in [3.8, 4) is 46.8 Å². The lowest BCUT2D eigenvalue weighted by Crippen LogP contribution is -2.12. The summed E-state index contributed by atoms with van der Waals surface area (Å²) in [6.45, 7) is 35.7. The van der Waals surface area contributed by atoms with Crippen LogP contribution < -0.4 is 21.3 Å². The molecule has 144 heavy (non-hydrogen) atoms. The second kappa shape index (κ2) is 43.1. The van der Waals surface area contributed by atoms with Crippen LogP contribution in [0.3, 0.4) is 0 Å². The lowest BCUT2D eigenvalue weighted by Gasteiger charge is -2.12. The number of nitrogens with zero attached hydrogens (tertiary/aromatic N) is 28. The first-order valence-electron chi connectivity index (χ1n) is 43.0. The predicted octanol–water partition coefficient (Wildman–Crippen LogP) is 24.5. The number of para-hydroxylation sites is 1. The van der Waals surface area contributed by atoms with Crippen molar-refractivity contribution in [1.82, 2.24) is 79.0 Å². The molecule has 0 saturated carbocycles. The van der Waals surface area contributed by atoms with Crippen molar-refractivity contribution in [3.05, 3.63) is 407 Å². The van der Waals surface area contributed by atoms with Gasteiger partial charge in [0.05, 0.1) is 73.3 Å². The fraction of sp³-hybridized carbons (Fsp3) is 0.0291. The number of anilines is 4. The number of phenolic OH excluding ortho intramolecular Hbond substituents is 4. The monoisotopic (exact) mass is 1920 g/mol. The first kappa shape index (κ1) is 94.3. The second-order valence-electron chi connectivity index (χ2n) is 30.7. The highest BCUT2D eigenvalue weighted by molar-refractivity contribution is 6.31. The van der Waals surface area contributed by atoms with Gasteiger partial charge in [-0.2, -0.15) is 39.1 Å². The Hall–Kier alpha value is -21.4. The minimum absolute atomic E-state index is 0.00655. The molecule has 0 atom stereocenters. The van der Waals surface area contributed by atoms with Gasteiger partial charge >= 0.3 is 0 Å². The summed E-state index contributed by atoms with van der Waals surface area (Å²) < 4.78 is 5.12. The molecule has 12 aromatic carbocycles. The van der Waals surface area contributed by atoms with Crippen LogP contribution in [-0.4, -0.2) is 123 Å². The van der Waals surface area contributed by atoms with Gasteiger partial charge in [-0.15, -0.1) is 40.9 Å². The molecule has 0 aliphatic heterocycles. The number of carbonyl (C=O) groups excluding carboxylic acids is 4. The van der Waals surface area contributed by atoms with Crippen molar-refractivity contribution in [1.29, 1.82) is 0 Å². The van der Waals surface area contributed by atoms with Gasteiger partial charge in [-0.05, 0) is 157 Å². The summed E-state index contributed by atoms with van der Waals surface area (Å²) in [5.74, 6) is -2.25. The van der Waals surface area contributed by atoms with Crippen LogP contribution in [-0.2, 0) is 0 Å². The highest BCUT2D eigenvalue weighted by Gasteiger charge is 2.27. The van der Waals surface area contributed by atoms with Gasteiger partial charge < -0.3 is 41.7 Å². The minimum atomic E-state index is -0.554. The summed E-state index contributed by atoms with van der Waals surface area (Å²) in [6, 6.07) is 70.1. The molecule has 40 nitrogen and oxygen atoms in total. The number of aryl methyl sites for hydroxylation is 3. The molecule has 0 spiro atoms. The summed E-state index contributed by atoms with van der Waals surface area (Å²) in [7, 11) is 0. The third-order valence-electron chi connectivity index (χ3n) is 21.5. The minimum Gasteiger partial charge on any atom is -0.505 e. The number of rotatable bonds is 20. The number of amides is 4. The first-order chi connectivity index (χ1) is 70.2. The standard InChI is InChI=1S/C27H20N8O2.C26H18N8O2.C25H15ClN8O2.C25H16N8O2/c1-16-9-10-19(13-17(16)2)32-26(37)21-14-18-7-4-5-8-20(18)23(24(21)36)33-34-25-22(28-3)15-31-35(25)27-29-11-6-12-30-27;1-16-8-10-18(11-9-16)31-25(36)20-14-17-6-3-4-7-19(17)22(23(20)35)32-33-24-21(27-2)15-30-34(24)26-28-12-5-13-29-26;1-27-20-14-30-34(25-28-10-5-11-29-25)23(20)33-32-21-18-9-3-2-6-15(18)12-19(22(21)35)24(36)31-17-8-4-7-16(26)13-17;1-26-20-15-29-33(25-27-12-7-13-28-25)23(20)32-31-21-18-11-6-5-8-16(18)14-19(22(21)34)24(35)30-17-9-3-2-4-10-17/h4-15,36H,1-2H3,(H,32,37);3-15,35H,1H3,(H,31,36);2-14,35H,(H,31,36);2-15,34H,(H,30,35). The Balaban J connectivity index is 0.000000132. The number of benzene rings is 12. The Bertz CT molecular complexity index is 8660. The lowest BCUT2D eigenvalue weighted by atomic mass is 10.0. The largest absolute Gasteiger partial charge is 0.505 e. The molecular formula is C103H69ClN32O8. The van der Waals surface area contributed by atoms with E-state index in [-0.39, 0.29) is 138 Å². The number of fused-ring (bicyclic) bond motifs is 4. The van der Waals surface area contributed by atoms with Crippen molar-refractivity contribution < 1.29 is 39.6 Å². The quantitative estimate of drug-likeness (QED) is 0.0259. The molecule has 4 amide bonds. The summed E-state index contributed by atoms with van der Waals surface area (Å²) in [4.78, 5) is 99.2. The third kappa shape index (κ3) is 20.8. The van der Waals surface area contributed by atoms with Gasteiger partial charge in [-0.1, -0.05) is 157 Å². The molecule has 8 aromatic heterocycles. The zero-order valence-corrected chi connectivity index (χ0v) is 76.1. The van der Waals surface area contributed by atoms with Crippen LogP contribution in [0.25, 0.3) is 86.3 Å². The molecular weight excluding hydrogens is 1850 g/mol. The van der Waals surface area contributed by atoms with E-state index in [1.54, 1.807) is 194 Å². The maximum absolute atomic E-state index is 13.2. The van der Waals surface area contributed by atoms with Crippen LogP contribution in [0, 0.1) is 47.1 Å². The number of aromatic nitrogens is 16. The van der Waals surface area contributed by atoms with Gasteiger partial charge in [0.2, 0.25) is 0 Å². The maximum atomic E-state index is 13.2. The van der Waals surface area contributed by atoms with Gasteiger partial charge in [0.1, 0.15) is 22.7 Å². The van der Waals surface area contributed by atoms with Crippen molar-refractivity contribution in [2.75, 3.05) is 21.3 Å². The highest BCUT2D eigenvalue weighted by atomic mass is 35.5. The fourth-order valence-corrected chi connectivity index (χ4v) is 14.5. The van der Waals surface area contributed by atoms with E-state index in [4.69, 9.17) is 37.9 Å². The summed E-state index contributed by atoms with van der Waals surface area (Å²) in [6.07, 6.45) is 17.6. The molecule has 0 saturated heterocycles. The number of halogens is 1. The van der Waals surface area contributed by atoms with Gasteiger partial charge in [-0.3, -0.25) is 19.2 Å². The van der Waals surface area contributed by atoms with Crippen molar-refractivity contribution in [3.63, 3.8) is 0 Å². The van der Waals surface area contributed by atoms with Crippen molar-refractivity contribution in [2.45, 2.75) is 20.8 Å². The van der Waals surface area contributed by atoms with Crippen LogP contribution in [0.5, 0.6) is 23.0 Å². The van der Waals surface area contributed by atoms with Crippen LogP contribution in [0.1, 0.15) is 58.1 Å². The van der Waals surface area contributed by atoms with Crippen LogP contribution in [0.2, 0.25) is 5.02 Å². The van der Waals surface area contributed by atoms with E-state index < -0.39 is 23.6 Å². The van der Waals surface area contributed by atoms with E-state index in [1.807, 2.05) is 81.4 Å². The van der Waals surface area contributed by atoms with Gasteiger partial charge in [-0.25, -0.2) is 59.3 Å². The molecule has 0 aliphatic carbocycles. The molecule has 8 heterocycles. The summed E-state index contributed by atoms with van der Waals surface area (Å²) in [5, 5.41) is 112. The first-order valence-corrected chi connectivity index (χ1v) is 43.4. The Morgan fingerprint density at radius 3 is 0.847 bits per heavy atom. The van der Waals surface area contributed by atoms with E-state index in [9.17, 15) is 39.6 Å². The Labute approximate surface area is 820 Å². The van der Waals surface area contributed by atoms with Gasteiger partial charge in [0, 0.05) is 98.9 Å². The van der Waals surface area contributed by atoms with Crippen molar-refractivity contribution >= 4 is 170 Å². The van der Waals surface area contributed by atoms with Crippen LogP contribution in [0.15, 0.2) is 358 Å². The maximum Gasteiger partial charge on any atom is 0.259 e. The Morgan fingerprint density at radius 2 is 0.556 bits per heavy atom. The number of nitrogens with one attached hydrogen (secondary N) is 4. The molecule has 20 aromatic rings. The lowest BCUT2D eigenvalue weighted by molar-refractivity contribution is 0.101. The van der Waals surface area contributed by atoms with Gasteiger partial charge in [0.15, 0.2) is 46.3 Å². The Kier molecular flexibility index (Phi) is 28.2. The molecule has 0 unspecified atom stereocenters. The van der Waals surface area contributed by atoms with E-state index in [2.05, 4.69) is 142 Å². The number of carbonyl (C=O) groups is 4. The molecule has 0 bridgehead atoms. The van der Waals surface area contributed by atoms with E-state index in [0.717, 1.165) is 16.7 Å². The number of hydrogen-bond donors (Lipinski definition) is 8. The highest BCUT2D eigenvalue weighted by Crippen LogP contribution is 2.47.